The minimum atomic E-state index is 0.120. The molecule has 1 amide bonds. The van der Waals surface area contributed by atoms with Crippen LogP contribution in [0.4, 0.5) is 5.69 Å². The second kappa shape index (κ2) is 5.70. The van der Waals surface area contributed by atoms with Crippen molar-refractivity contribution in [3.05, 3.63) is 23.0 Å². The average Bonchev–Trinajstić information content (AvgIpc) is 2.33. The Morgan fingerprint density at radius 1 is 1.33 bits per heavy atom. The molecule has 0 radical (unpaired) electrons. The maximum atomic E-state index is 12.1. The lowest BCUT2D eigenvalue weighted by atomic mass is 9.82. The lowest BCUT2D eigenvalue weighted by Gasteiger charge is -2.25. The Morgan fingerprint density at radius 2 is 2.00 bits per heavy atom. The van der Waals surface area contributed by atoms with E-state index < -0.39 is 0 Å². The lowest BCUT2D eigenvalue weighted by Crippen LogP contribution is -2.27. The summed E-state index contributed by atoms with van der Waals surface area (Å²) in [6.07, 6.45) is 4.28. The van der Waals surface area contributed by atoms with Crippen LogP contribution < -0.4 is 5.32 Å². The number of halogens is 1. The average molecular weight is 267 g/mol. The number of nitrogens with one attached hydrogen (secondary N) is 1. The van der Waals surface area contributed by atoms with Crippen LogP contribution in [0.5, 0.6) is 0 Å². The third-order valence-corrected chi connectivity index (χ3v) is 3.91. The zero-order valence-electron chi connectivity index (χ0n) is 10.9. The van der Waals surface area contributed by atoms with Crippen molar-refractivity contribution in [1.29, 1.82) is 0 Å². The molecule has 0 aromatic carbocycles. The standard InChI is InChI=1S/C14H19ClN2O/c1-9-3-5-11(6-4-9)14(18)17-12-7-8-13(15)16-10(12)2/h7-9,11H,3-6H2,1-2H3,(H,17,18). The van der Waals surface area contributed by atoms with Crippen molar-refractivity contribution in [2.45, 2.75) is 39.5 Å². The number of hydrogen-bond acceptors (Lipinski definition) is 2. The number of aryl methyl sites for hydroxylation is 1. The molecular weight excluding hydrogens is 248 g/mol. The molecule has 1 saturated carbocycles. The van der Waals surface area contributed by atoms with Crippen molar-refractivity contribution >= 4 is 23.2 Å². The number of rotatable bonds is 2. The highest BCUT2D eigenvalue weighted by atomic mass is 35.5. The van der Waals surface area contributed by atoms with Crippen molar-refractivity contribution in [2.75, 3.05) is 5.32 Å². The maximum absolute atomic E-state index is 12.1. The van der Waals surface area contributed by atoms with Gasteiger partial charge in [0.2, 0.25) is 5.91 Å². The topological polar surface area (TPSA) is 42.0 Å². The number of nitrogens with zero attached hydrogens (tertiary/aromatic N) is 1. The van der Waals surface area contributed by atoms with Crippen LogP contribution in [0.25, 0.3) is 0 Å². The lowest BCUT2D eigenvalue weighted by molar-refractivity contribution is -0.121. The van der Waals surface area contributed by atoms with Gasteiger partial charge in [-0.05, 0) is 50.7 Å². The fourth-order valence-electron chi connectivity index (χ4n) is 2.42. The van der Waals surface area contributed by atoms with Crippen molar-refractivity contribution in [2.24, 2.45) is 11.8 Å². The number of hydrogen-bond donors (Lipinski definition) is 1. The van der Waals surface area contributed by atoms with E-state index in [0.717, 1.165) is 43.0 Å². The van der Waals surface area contributed by atoms with E-state index in [1.165, 1.54) is 0 Å². The fourth-order valence-corrected chi connectivity index (χ4v) is 2.61. The number of aromatic nitrogens is 1. The summed E-state index contributed by atoms with van der Waals surface area (Å²) >= 11 is 5.79. The quantitative estimate of drug-likeness (QED) is 0.827. The van der Waals surface area contributed by atoms with Gasteiger partial charge in [-0.1, -0.05) is 18.5 Å². The van der Waals surface area contributed by atoms with E-state index in [1.807, 2.05) is 13.0 Å². The van der Waals surface area contributed by atoms with E-state index >= 15 is 0 Å². The van der Waals surface area contributed by atoms with Crippen LogP contribution in [0.15, 0.2) is 12.1 Å². The van der Waals surface area contributed by atoms with E-state index in [2.05, 4.69) is 17.2 Å². The summed E-state index contributed by atoms with van der Waals surface area (Å²) in [4.78, 5) is 16.3. The van der Waals surface area contributed by atoms with Crippen molar-refractivity contribution in [3.63, 3.8) is 0 Å². The highest BCUT2D eigenvalue weighted by Gasteiger charge is 2.24. The van der Waals surface area contributed by atoms with Crippen molar-refractivity contribution in [1.82, 2.24) is 4.98 Å². The van der Waals surface area contributed by atoms with Crippen LogP contribution in [0.2, 0.25) is 5.15 Å². The molecule has 2 rings (SSSR count). The largest absolute Gasteiger partial charge is 0.324 e. The van der Waals surface area contributed by atoms with E-state index in [4.69, 9.17) is 11.6 Å². The predicted octanol–water partition coefficient (Wildman–Crippen LogP) is 3.81. The zero-order valence-corrected chi connectivity index (χ0v) is 11.6. The molecule has 18 heavy (non-hydrogen) atoms. The van der Waals surface area contributed by atoms with Gasteiger partial charge < -0.3 is 5.32 Å². The second-order valence-electron chi connectivity index (χ2n) is 5.21. The Bertz CT molecular complexity index is 439. The third kappa shape index (κ3) is 3.22. The highest BCUT2D eigenvalue weighted by molar-refractivity contribution is 6.29. The van der Waals surface area contributed by atoms with E-state index in [9.17, 15) is 4.79 Å². The summed E-state index contributed by atoms with van der Waals surface area (Å²) in [5.74, 6) is 1.03. The minimum absolute atomic E-state index is 0.120. The van der Waals surface area contributed by atoms with Gasteiger partial charge in [0.15, 0.2) is 0 Å². The molecule has 1 fully saturated rings. The summed E-state index contributed by atoms with van der Waals surface area (Å²) in [6, 6.07) is 3.52. The Morgan fingerprint density at radius 3 is 2.61 bits per heavy atom. The molecule has 98 valence electrons. The van der Waals surface area contributed by atoms with E-state index in [0.29, 0.717) is 5.15 Å². The molecule has 0 saturated heterocycles. The molecule has 3 nitrogen and oxygen atoms in total. The summed E-state index contributed by atoms with van der Waals surface area (Å²) in [6.45, 7) is 4.10. The molecule has 0 spiro atoms. The van der Waals surface area contributed by atoms with Crippen molar-refractivity contribution < 1.29 is 4.79 Å². The molecule has 4 heteroatoms. The zero-order chi connectivity index (χ0) is 13.1. The molecule has 0 unspecified atom stereocenters. The molecule has 1 aromatic rings. The third-order valence-electron chi connectivity index (χ3n) is 3.70. The molecule has 0 bridgehead atoms. The Balaban J connectivity index is 1.98. The highest BCUT2D eigenvalue weighted by Crippen LogP contribution is 2.29. The summed E-state index contributed by atoms with van der Waals surface area (Å²) in [5.41, 5.74) is 1.53. The van der Waals surface area contributed by atoms with Crippen LogP contribution >= 0.6 is 11.6 Å². The summed E-state index contributed by atoms with van der Waals surface area (Å²) in [5, 5.41) is 3.42. The van der Waals surface area contributed by atoms with Gasteiger partial charge in [-0.3, -0.25) is 4.79 Å². The number of carbonyl (C=O) groups is 1. The van der Waals surface area contributed by atoms with Crippen LogP contribution in [-0.4, -0.2) is 10.9 Å². The van der Waals surface area contributed by atoms with Gasteiger partial charge >= 0.3 is 0 Å². The van der Waals surface area contributed by atoms with Gasteiger partial charge in [-0.25, -0.2) is 4.98 Å². The van der Waals surface area contributed by atoms with Crippen LogP contribution in [0.3, 0.4) is 0 Å². The molecule has 1 aliphatic carbocycles. The number of anilines is 1. The molecule has 1 N–H and O–H groups in total. The first-order valence-corrected chi connectivity index (χ1v) is 6.88. The first-order valence-electron chi connectivity index (χ1n) is 6.50. The molecule has 0 atom stereocenters. The van der Waals surface area contributed by atoms with Gasteiger partial charge in [0, 0.05) is 5.92 Å². The molecule has 0 aliphatic heterocycles. The first-order chi connectivity index (χ1) is 8.56. The first kappa shape index (κ1) is 13.3. The molecule has 1 aromatic heterocycles. The second-order valence-corrected chi connectivity index (χ2v) is 5.60. The SMILES string of the molecule is Cc1nc(Cl)ccc1NC(=O)C1CCC(C)CC1. The van der Waals surface area contributed by atoms with Crippen molar-refractivity contribution in [3.8, 4) is 0 Å². The summed E-state index contributed by atoms with van der Waals surface area (Å²) < 4.78 is 0. The monoisotopic (exact) mass is 266 g/mol. The van der Waals surface area contributed by atoms with Gasteiger partial charge in [0.1, 0.15) is 5.15 Å². The smallest absolute Gasteiger partial charge is 0.227 e. The van der Waals surface area contributed by atoms with E-state index in [1.54, 1.807) is 6.07 Å². The van der Waals surface area contributed by atoms with Gasteiger partial charge in [0.25, 0.3) is 0 Å². The van der Waals surface area contributed by atoms with E-state index in [-0.39, 0.29) is 11.8 Å². The summed E-state index contributed by atoms with van der Waals surface area (Å²) in [7, 11) is 0. The van der Waals surface area contributed by atoms with Crippen LogP contribution in [-0.2, 0) is 4.79 Å². The normalized spacial score (nSPS) is 23.7. The molecule has 1 aliphatic rings. The predicted molar refractivity (Wildman–Crippen MR) is 73.7 cm³/mol. The molecular formula is C14H19ClN2O. The Kier molecular flexibility index (Phi) is 4.23. The maximum Gasteiger partial charge on any atom is 0.227 e. The van der Waals surface area contributed by atoms with Gasteiger partial charge in [-0.2, -0.15) is 0 Å². The Hall–Kier alpha value is -1.09. The molecule has 1 heterocycles. The number of amides is 1. The number of pyridine rings is 1. The number of carbonyl (C=O) groups excluding carboxylic acids is 1. The van der Waals surface area contributed by atoms with Crippen LogP contribution in [0, 0.1) is 18.8 Å². The van der Waals surface area contributed by atoms with Crippen LogP contribution in [0.1, 0.15) is 38.3 Å². The fraction of sp³-hybridized carbons (Fsp3) is 0.571. The Labute approximate surface area is 113 Å². The van der Waals surface area contributed by atoms with Gasteiger partial charge in [0.05, 0.1) is 11.4 Å². The minimum Gasteiger partial charge on any atom is -0.324 e. The van der Waals surface area contributed by atoms with Gasteiger partial charge in [-0.15, -0.1) is 0 Å².